The fraction of sp³-hybridized carbons (Fsp3) is 0.316. The van der Waals surface area contributed by atoms with Gasteiger partial charge in [0.2, 0.25) is 0 Å². The first-order valence-corrected chi connectivity index (χ1v) is 8.42. The molecule has 0 aliphatic carbocycles. The van der Waals surface area contributed by atoms with Crippen LogP contribution >= 0.6 is 0 Å². The maximum absolute atomic E-state index is 13.9. The first kappa shape index (κ1) is 18.0. The van der Waals surface area contributed by atoms with E-state index in [4.69, 9.17) is 0 Å². The summed E-state index contributed by atoms with van der Waals surface area (Å²) >= 11 is 0. The van der Waals surface area contributed by atoms with E-state index in [0.717, 1.165) is 23.9 Å². The Morgan fingerprint density at radius 1 is 1.15 bits per heavy atom. The molecule has 136 valence electrons. The van der Waals surface area contributed by atoms with E-state index in [2.05, 4.69) is 15.4 Å². The molecule has 3 aromatic rings. The Morgan fingerprint density at radius 2 is 1.88 bits per heavy atom. The number of anilines is 1. The summed E-state index contributed by atoms with van der Waals surface area (Å²) in [6.07, 6.45) is 1.57. The van der Waals surface area contributed by atoms with Gasteiger partial charge in [-0.3, -0.25) is 4.79 Å². The monoisotopic (exact) mass is 358 g/mol. The van der Waals surface area contributed by atoms with Gasteiger partial charge in [-0.1, -0.05) is 13.8 Å². The molecule has 26 heavy (non-hydrogen) atoms. The highest BCUT2D eigenvalue weighted by Crippen LogP contribution is 2.25. The van der Waals surface area contributed by atoms with Crippen LogP contribution in [0.5, 0.6) is 0 Å². The second-order valence-electron chi connectivity index (χ2n) is 6.75. The zero-order chi connectivity index (χ0) is 19.0. The van der Waals surface area contributed by atoms with Crippen LogP contribution in [-0.4, -0.2) is 20.7 Å². The molecule has 7 heteroatoms. The van der Waals surface area contributed by atoms with Gasteiger partial charge in [-0.25, -0.2) is 18.4 Å². The number of fused-ring (bicyclic) bond motifs is 1. The molecule has 2 heterocycles. The SMILES string of the molecule is CC(C)c1cc(C(=O)Nc2cc(F)ccc2F)c2cnn(C(C)C)c2n1. The van der Waals surface area contributed by atoms with Crippen LogP contribution in [-0.2, 0) is 0 Å². The third-order valence-corrected chi connectivity index (χ3v) is 4.09. The van der Waals surface area contributed by atoms with Crippen molar-refractivity contribution in [1.29, 1.82) is 0 Å². The highest BCUT2D eigenvalue weighted by molar-refractivity contribution is 6.12. The van der Waals surface area contributed by atoms with Crippen LogP contribution in [0.25, 0.3) is 11.0 Å². The Labute approximate surface area is 150 Å². The molecule has 0 aliphatic heterocycles. The molecule has 0 fully saturated rings. The van der Waals surface area contributed by atoms with Crippen molar-refractivity contribution in [2.24, 2.45) is 0 Å². The highest BCUT2D eigenvalue weighted by Gasteiger charge is 2.20. The first-order valence-electron chi connectivity index (χ1n) is 8.42. The van der Waals surface area contributed by atoms with Gasteiger partial charge in [-0.15, -0.1) is 0 Å². The van der Waals surface area contributed by atoms with Crippen LogP contribution in [0.4, 0.5) is 14.5 Å². The largest absolute Gasteiger partial charge is 0.319 e. The minimum Gasteiger partial charge on any atom is -0.319 e. The molecule has 5 nitrogen and oxygen atoms in total. The molecule has 1 aromatic carbocycles. The Bertz CT molecular complexity index is 979. The highest BCUT2D eigenvalue weighted by atomic mass is 19.1. The van der Waals surface area contributed by atoms with Crippen molar-refractivity contribution in [3.63, 3.8) is 0 Å². The number of rotatable bonds is 4. The van der Waals surface area contributed by atoms with Crippen molar-refractivity contribution in [3.05, 3.63) is 53.4 Å². The Kier molecular flexibility index (Phi) is 4.71. The van der Waals surface area contributed by atoms with Crippen molar-refractivity contribution in [3.8, 4) is 0 Å². The molecule has 1 amide bonds. The zero-order valence-electron chi connectivity index (χ0n) is 15.0. The molecular formula is C19H20F2N4O. The van der Waals surface area contributed by atoms with E-state index in [1.165, 1.54) is 0 Å². The maximum Gasteiger partial charge on any atom is 0.256 e. The minimum absolute atomic E-state index is 0.0685. The smallest absolute Gasteiger partial charge is 0.256 e. The summed E-state index contributed by atoms with van der Waals surface area (Å²) in [6.45, 7) is 7.88. The van der Waals surface area contributed by atoms with Gasteiger partial charge in [0.15, 0.2) is 5.65 Å². The summed E-state index contributed by atoms with van der Waals surface area (Å²) in [4.78, 5) is 17.4. The number of nitrogens with one attached hydrogen (secondary N) is 1. The minimum atomic E-state index is -0.702. The molecule has 0 bridgehead atoms. The molecule has 0 saturated carbocycles. The van der Waals surface area contributed by atoms with Gasteiger partial charge in [-0.2, -0.15) is 5.10 Å². The third kappa shape index (κ3) is 3.29. The van der Waals surface area contributed by atoms with Crippen LogP contribution in [0.3, 0.4) is 0 Å². The summed E-state index contributed by atoms with van der Waals surface area (Å²) in [5, 5.41) is 7.33. The first-order chi connectivity index (χ1) is 12.3. The quantitative estimate of drug-likeness (QED) is 0.737. The number of carbonyl (C=O) groups is 1. The number of aromatic nitrogens is 3. The molecule has 0 unspecified atom stereocenters. The molecule has 1 N–H and O–H groups in total. The lowest BCUT2D eigenvalue weighted by Crippen LogP contribution is -2.15. The van der Waals surface area contributed by atoms with Gasteiger partial charge >= 0.3 is 0 Å². The van der Waals surface area contributed by atoms with E-state index in [1.807, 2.05) is 27.7 Å². The Balaban J connectivity index is 2.11. The van der Waals surface area contributed by atoms with Crippen molar-refractivity contribution in [1.82, 2.24) is 14.8 Å². The van der Waals surface area contributed by atoms with Gasteiger partial charge in [0.1, 0.15) is 11.6 Å². The third-order valence-electron chi connectivity index (χ3n) is 4.09. The van der Waals surface area contributed by atoms with Crippen LogP contribution in [0, 0.1) is 11.6 Å². The van der Waals surface area contributed by atoms with Crippen LogP contribution in [0.2, 0.25) is 0 Å². The van der Waals surface area contributed by atoms with Crippen molar-refractivity contribution < 1.29 is 13.6 Å². The van der Waals surface area contributed by atoms with E-state index in [0.29, 0.717) is 16.6 Å². The molecule has 0 aliphatic rings. The number of amides is 1. The van der Waals surface area contributed by atoms with Crippen molar-refractivity contribution >= 4 is 22.6 Å². The number of halogens is 2. The summed E-state index contributed by atoms with van der Waals surface area (Å²) < 4.78 is 29.0. The summed E-state index contributed by atoms with van der Waals surface area (Å²) in [6, 6.07) is 4.67. The Morgan fingerprint density at radius 3 is 2.54 bits per heavy atom. The molecule has 2 aromatic heterocycles. The number of pyridine rings is 1. The fourth-order valence-corrected chi connectivity index (χ4v) is 2.68. The molecule has 0 saturated heterocycles. The van der Waals surface area contributed by atoms with E-state index in [9.17, 15) is 13.6 Å². The van der Waals surface area contributed by atoms with E-state index in [-0.39, 0.29) is 17.6 Å². The topological polar surface area (TPSA) is 59.8 Å². The summed E-state index contributed by atoms with van der Waals surface area (Å²) in [7, 11) is 0. The van der Waals surface area contributed by atoms with Gasteiger partial charge in [0, 0.05) is 17.8 Å². The maximum atomic E-state index is 13.9. The summed E-state index contributed by atoms with van der Waals surface area (Å²) in [5.74, 6) is -1.77. The van der Waals surface area contributed by atoms with Gasteiger partial charge < -0.3 is 5.32 Å². The molecule has 3 rings (SSSR count). The van der Waals surface area contributed by atoms with Gasteiger partial charge in [-0.05, 0) is 38.0 Å². The number of benzene rings is 1. The van der Waals surface area contributed by atoms with E-state index in [1.54, 1.807) is 16.9 Å². The Hall–Kier alpha value is -2.83. The molecular weight excluding hydrogens is 338 g/mol. The predicted octanol–water partition coefficient (Wildman–Crippen LogP) is 4.67. The number of carbonyl (C=O) groups excluding carboxylic acids is 1. The van der Waals surface area contributed by atoms with Crippen LogP contribution < -0.4 is 5.32 Å². The standard InChI is InChI=1S/C19H20F2N4O/c1-10(2)16-8-13(14-9-22-25(11(3)4)18(14)23-16)19(26)24-17-7-12(20)5-6-15(17)21/h5-11H,1-4H3,(H,24,26). The number of nitrogens with zero attached hydrogens (tertiary/aromatic N) is 3. The van der Waals surface area contributed by atoms with Crippen LogP contribution in [0.15, 0.2) is 30.5 Å². The predicted molar refractivity (Wildman–Crippen MR) is 96.3 cm³/mol. The molecule has 0 spiro atoms. The molecule has 0 radical (unpaired) electrons. The fourth-order valence-electron chi connectivity index (χ4n) is 2.68. The number of hydrogen-bond acceptors (Lipinski definition) is 3. The average molecular weight is 358 g/mol. The van der Waals surface area contributed by atoms with Crippen molar-refractivity contribution in [2.75, 3.05) is 5.32 Å². The average Bonchev–Trinajstić information content (AvgIpc) is 3.01. The zero-order valence-corrected chi connectivity index (χ0v) is 15.0. The van der Waals surface area contributed by atoms with Gasteiger partial charge in [0.25, 0.3) is 5.91 Å². The number of hydrogen-bond donors (Lipinski definition) is 1. The lowest BCUT2D eigenvalue weighted by molar-refractivity contribution is 0.102. The van der Waals surface area contributed by atoms with Gasteiger partial charge in [0.05, 0.1) is 22.8 Å². The van der Waals surface area contributed by atoms with Crippen molar-refractivity contribution in [2.45, 2.75) is 39.7 Å². The lowest BCUT2D eigenvalue weighted by Gasteiger charge is -2.12. The van der Waals surface area contributed by atoms with E-state index < -0.39 is 17.5 Å². The lowest BCUT2D eigenvalue weighted by atomic mass is 10.0. The second kappa shape index (κ2) is 6.82. The van der Waals surface area contributed by atoms with E-state index >= 15 is 0 Å². The molecule has 0 atom stereocenters. The summed E-state index contributed by atoms with van der Waals surface area (Å²) in [5.41, 5.74) is 1.44. The van der Waals surface area contributed by atoms with Crippen LogP contribution in [0.1, 0.15) is 55.7 Å². The normalized spacial score (nSPS) is 11.5. The second-order valence-corrected chi connectivity index (χ2v) is 6.75.